The molecule has 0 aliphatic heterocycles. The van der Waals surface area contributed by atoms with E-state index in [0.717, 1.165) is 0 Å². The predicted octanol–water partition coefficient (Wildman–Crippen LogP) is 2.17. The number of nitrogens with zero attached hydrogens (tertiary/aromatic N) is 1. The minimum Gasteiger partial charge on any atom is -0.324 e. The molecule has 0 fully saturated rings. The van der Waals surface area contributed by atoms with E-state index in [2.05, 4.69) is 5.32 Å². The second-order valence-corrected chi connectivity index (χ2v) is 4.59. The summed E-state index contributed by atoms with van der Waals surface area (Å²) in [4.78, 5) is 21.8. The third-order valence-corrected chi connectivity index (χ3v) is 2.75. The summed E-state index contributed by atoms with van der Waals surface area (Å²) in [6, 6.07) is 3.38. The number of carbonyl (C=O) groups is 1. The molecule has 0 spiro atoms. The lowest BCUT2D eigenvalue weighted by Crippen LogP contribution is -2.39. The largest absolute Gasteiger partial charge is 0.324 e. The number of rotatable bonds is 4. The van der Waals surface area contributed by atoms with Crippen LogP contribution in [0, 0.1) is 16.0 Å². The van der Waals surface area contributed by atoms with Gasteiger partial charge in [-0.25, -0.2) is 0 Å². The van der Waals surface area contributed by atoms with Crippen molar-refractivity contribution in [1.82, 2.24) is 0 Å². The fourth-order valence-corrected chi connectivity index (χ4v) is 1.45. The number of carbonyl (C=O) groups excluding carboxylic acids is 1. The van der Waals surface area contributed by atoms with Crippen LogP contribution in [0.4, 0.5) is 11.4 Å². The highest BCUT2D eigenvalue weighted by Gasteiger charge is 2.19. The number of nitro benzene ring substituents is 1. The molecular weight excluding hydrogens is 258 g/mol. The number of nitro groups is 1. The Kier molecular flexibility index (Phi) is 4.63. The molecule has 3 N–H and O–H groups in total. The van der Waals surface area contributed by atoms with E-state index in [-0.39, 0.29) is 22.5 Å². The Morgan fingerprint density at radius 3 is 2.61 bits per heavy atom. The molecule has 0 saturated heterocycles. The van der Waals surface area contributed by atoms with Gasteiger partial charge in [-0.1, -0.05) is 25.4 Å². The van der Waals surface area contributed by atoms with Crippen molar-refractivity contribution in [3.8, 4) is 0 Å². The van der Waals surface area contributed by atoms with E-state index < -0.39 is 11.0 Å². The summed E-state index contributed by atoms with van der Waals surface area (Å²) < 4.78 is 0. The van der Waals surface area contributed by atoms with E-state index >= 15 is 0 Å². The number of nitrogens with two attached hydrogens (primary N) is 1. The zero-order chi connectivity index (χ0) is 13.9. The van der Waals surface area contributed by atoms with Gasteiger partial charge in [0.2, 0.25) is 5.91 Å². The number of anilines is 1. The van der Waals surface area contributed by atoms with Gasteiger partial charge in [-0.3, -0.25) is 14.9 Å². The van der Waals surface area contributed by atoms with Crippen molar-refractivity contribution >= 4 is 28.9 Å². The van der Waals surface area contributed by atoms with Crippen LogP contribution in [-0.4, -0.2) is 16.9 Å². The van der Waals surface area contributed by atoms with Gasteiger partial charge in [0, 0.05) is 11.8 Å². The Morgan fingerprint density at radius 1 is 1.50 bits per heavy atom. The lowest BCUT2D eigenvalue weighted by atomic mass is 10.0. The van der Waals surface area contributed by atoms with E-state index in [4.69, 9.17) is 17.3 Å². The number of hydrogen-bond donors (Lipinski definition) is 2. The molecule has 0 radical (unpaired) electrons. The average molecular weight is 272 g/mol. The van der Waals surface area contributed by atoms with Crippen LogP contribution in [0.3, 0.4) is 0 Å². The third kappa shape index (κ3) is 3.41. The lowest BCUT2D eigenvalue weighted by molar-refractivity contribution is -0.384. The van der Waals surface area contributed by atoms with Crippen molar-refractivity contribution in [3.05, 3.63) is 33.3 Å². The van der Waals surface area contributed by atoms with Gasteiger partial charge >= 0.3 is 0 Å². The summed E-state index contributed by atoms with van der Waals surface area (Å²) >= 11 is 5.66. The van der Waals surface area contributed by atoms with Crippen LogP contribution in [0.2, 0.25) is 5.02 Å². The smallest absolute Gasteiger partial charge is 0.289 e. The van der Waals surface area contributed by atoms with E-state index in [1.54, 1.807) is 0 Å². The molecule has 0 aromatic heterocycles. The van der Waals surface area contributed by atoms with Crippen LogP contribution in [0.1, 0.15) is 13.8 Å². The normalized spacial score (nSPS) is 12.3. The molecule has 1 aromatic carbocycles. The molecule has 98 valence electrons. The molecular formula is C11H14ClN3O3. The Bertz CT molecular complexity index is 477. The van der Waals surface area contributed by atoms with Crippen LogP contribution < -0.4 is 11.1 Å². The maximum atomic E-state index is 11.7. The van der Waals surface area contributed by atoms with Crippen LogP contribution in [0.5, 0.6) is 0 Å². The molecule has 6 nitrogen and oxygen atoms in total. The van der Waals surface area contributed by atoms with Gasteiger partial charge < -0.3 is 11.1 Å². The minimum atomic E-state index is -0.667. The van der Waals surface area contributed by atoms with Gasteiger partial charge in [0.25, 0.3) is 5.69 Å². The molecule has 0 saturated carbocycles. The number of hydrogen-bond acceptors (Lipinski definition) is 4. The van der Waals surface area contributed by atoms with Gasteiger partial charge in [0.1, 0.15) is 5.02 Å². The zero-order valence-electron chi connectivity index (χ0n) is 10.0. The molecule has 1 atom stereocenters. The van der Waals surface area contributed by atoms with Crippen molar-refractivity contribution < 1.29 is 9.72 Å². The summed E-state index contributed by atoms with van der Waals surface area (Å²) in [5.74, 6) is -0.408. The van der Waals surface area contributed by atoms with Gasteiger partial charge in [-0.15, -0.1) is 0 Å². The topological polar surface area (TPSA) is 98.3 Å². The number of amides is 1. The first-order valence-electron chi connectivity index (χ1n) is 5.33. The van der Waals surface area contributed by atoms with Crippen molar-refractivity contribution in [2.75, 3.05) is 5.32 Å². The van der Waals surface area contributed by atoms with Crippen molar-refractivity contribution in [1.29, 1.82) is 0 Å². The monoisotopic (exact) mass is 271 g/mol. The van der Waals surface area contributed by atoms with E-state index in [1.807, 2.05) is 13.8 Å². The highest BCUT2D eigenvalue weighted by Crippen LogP contribution is 2.27. The standard InChI is InChI=1S/C11H14ClN3O3/c1-6(2)10(13)11(16)14-7-3-4-8(12)9(5-7)15(17)18/h3-6,10H,13H2,1-2H3,(H,14,16)/t10-/m0/s1. The van der Waals surface area contributed by atoms with Gasteiger partial charge in [-0.05, 0) is 18.1 Å². The fourth-order valence-electron chi connectivity index (χ4n) is 1.26. The number of benzene rings is 1. The molecule has 0 bridgehead atoms. The molecule has 0 heterocycles. The Morgan fingerprint density at radius 2 is 2.11 bits per heavy atom. The average Bonchev–Trinajstić information content (AvgIpc) is 2.29. The first-order chi connectivity index (χ1) is 8.32. The van der Waals surface area contributed by atoms with E-state index in [0.29, 0.717) is 5.69 Å². The van der Waals surface area contributed by atoms with E-state index in [9.17, 15) is 14.9 Å². The summed E-state index contributed by atoms with van der Waals surface area (Å²) in [7, 11) is 0. The minimum absolute atomic E-state index is 0.0196. The molecule has 1 rings (SSSR count). The van der Waals surface area contributed by atoms with Crippen molar-refractivity contribution in [3.63, 3.8) is 0 Å². The second-order valence-electron chi connectivity index (χ2n) is 4.18. The molecule has 0 unspecified atom stereocenters. The van der Waals surface area contributed by atoms with E-state index in [1.165, 1.54) is 18.2 Å². The Hall–Kier alpha value is -1.66. The Balaban J connectivity index is 2.89. The maximum absolute atomic E-state index is 11.7. The fraction of sp³-hybridized carbons (Fsp3) is 0.364. The van der Waals surface area contributed by atoms with Gasteiger partial charge in [0.15, 0.2) is 0 Å². The first-order valence-corrected chi connectivity index (χ1v) is 5.71. The van der Waals surface area contributed by atoms with Crippen LogP contribution in [0.15, 0.2) is 18.2 Å². The molecule has 1 amide bonds. The van der Waals surface area contributed by atoms with Crippen LogP contribution >= 0.6 is 11.6 Å². The SMILES string of the molecule is CC(C)[C@H](N)C(=O)Nc1ccc(Cl)c([N+](=O)[O-])c1. The highest BCUT2D eigenvalue weighted by atomic mass is 35.5. The summed E-state index contributed by atoms with van der Waals surface area (Å²) in [5, 5.41) is 13.2. The summed E-state index contributed by atoms with van der Waals surface area (Å²) in [6.07, 6.45) is 0. The molecule has 0 aliphatic carbocycles. The molecule has 0 aliphatic rings. The maximum Gasteiger partial charge on any atom is 0.289 e. The van der Waals surface area contributed by atoms with Crippen LogP contribution in [-0.2, 0) is 4.79 Å². The second kappa shape index (κ2) is 5.79. The predicted molar refractivity (Wildman–Crippen MR) is 69.5 cm³/mol. The summed E-state index contributed by atoms with van der Waals surface area (Å²) in [5.41, 5.74) is 5.71. The zero-order valence-corrected chi connectivity index (χ0v) is 10.8. The lowest BCUT2D eigenvalue weighted by Gasteiger charge is -2.15. The highest BCUT2D eigenvalue weighted by molar-refractivity contribution is 6.32. The summed E-state index contributed by atoms with van der Waals surface area (Å²) in [6.45, 7) is 3.63. The van der Waals surface area contributed by atoms with Crippen LogP contribution in [0.25, 0.3) is 0 Å². The molecule has 1 aromatic rings. The number of halogens is 1. The third-order valence-electron chi connectivity index (χ3n) is 2.43. The Labute approximate surface area is 109 Å². The quantitative estimate of drug-likeness (QED) is 0.647. The van der Waals surface area contributed by atoms with Gasteiger partial charge in [0.05, 0.1) is 11.0 Å². The molecule has 18 heavy (non-hydrogen) atoms. The molecule has 7 heteroatoms. The first kappa shape index (κ1) is 14.4. The number of nitrogens with one attached hydrogen (secondary N) is 1. The van der Waals surface area contributed by atoms with Gasteiger partial charge in [-0.2, -0.15) is 0 Å². The van der Waals surface area contributed by atoms with Crippen molar-refractivity contribution in [2.45, 2.75) is 19.9 Å². The van der Waals surface area contributed by atoms with Crippen molar-refractivity contribution in [2.24, 2.45) is 11.7 Å².